The average Bonchev–Trinajstić information content (AvgIpc) is 2.68. The van der Waals surface area contributed by atoms with Crippen molar-refractivity contribution in [2.75, 3.05) is 36.4 Å². The normalized spacial score (nSPS) is 16.0. The third-order valence-corrected chi connectivity index (χ3v) is 4.42. The number of anilines is 3. The standard InChI is InChI=1S/C17H16ClF4N5O/c18-13(19)16(28)27-9-7-26(8-10-27)15-14(23-5-6-24-15)25-12-3-1-11(2-4-12)17(20,21)22/h1-6,13H,7-10H2,(H,23,25). The zero-order chi connectivity index (χ0) is 20.3. The third kappa shape index (κ3) is 4.61. The van der Waals surface area contributed by atoms with Crippen molar-refractivity contribution < 1.29 is 22.4 Å². The maximum atomic E-state index is 13.0. The summed E-state index contributed by atoms with van der Waals surface area (Å²) in [5.41, 5.74) is -2.39. The molecular weight excluding hydrogens is 402 g/mol. The predicted molar refractivity (Wildman–Crippen MR) is 96.3 cm³/mol. The molecule has 1 atom stereocenters. The number of aromatic nitrogens is 2. The molecule has 1 N–H and O–H groups in total. The van der Waals surface area contributed by atoms with Crippen molar-refractivity contribution in [3.8, 4) is 0 Å². The Bertz CT molecular complexity index is 823. The van der Waals surface area contributed by atoms with E-state index in [1.54, 1.807) is 0 Å². The molecule has 0 saturated carbocycles. The molecule has 1 aromatic carbocycles. The second kappa shape index (κ2) is 8.17. The van der Waals surface area contributed by atoms with E-state index in [2.05, 4.69) is 15.3 Å². The maximum Gasteiger partial charge on any atom is 0.416 e. The van der Waals surface area contributed by atoms with Gasteiger partial charge in [-0.2, -0.15) is 13.2 Å². The number of hydrogen-bond acceptors (Lipinski definition) is 5. The van der Waals surface area contributed by atoms with E-state index < -0.39 is 23.3 Å². The number of carbonyl (C=O) groups is 1. The Hall–Kier alpha value is -2.62. The van der Waals surface area contributed by atoms with Crippen LogP contribution in [0.1, 0.15) is 5.56 Å². The van der Waals surface area contributed by atoms with Crippen molar-refractivity contribution in [1.82, 2.24) is 14.9 Å². The number of halogens is 5. The van der Waals surface area contributed by atoms with Gasteiger partial charge in [-0.15, -0.1) is 0 Å². The number of nitrogens with zero attached hydrogens (tertiary/aromatic N) is 4. The Balaban J connectivity index is 1.71. The van der Waals surface area contributed by atoms with Gasteiger partial charge in [0.25, 0.3) is 11.5 Å². The fourth-order valence-electron chi connectivity index (χ4n) is 2.81. The molecular formula is C17H16ClF4N5O. The Labute approximate surface area is 163 Å². The van der Waals surface area contributed by atoms with Crippen LogP contribution in [-0.2, 0) is 11.0 Å². The summed E-state index contributed by atoms with van der Waals surface area (Å²) in [5.74, 6) is 0.0727. The molecule has 1 aliphatic rings. The molecule has 1 fully saturated rings. The first-order valence-corrected chi connectivity index (χ1v) is 8.76. The number of piperazine rings is 1. The first-order chi connectivity index (χ1) is 13.3. The molecule has 3 rings (SSSR count). The average molecular weight is 418 g/mol. The summed E-state index contributed by atoms with van der Waals surface area (Å²) < 4.78 is 51.0. The van der Waals surface area contributed by atoms with Crippen molar-refractivity contribution >= 4 is 34.8 Å². The Morgan fingerprint density at radius 1 is 1.07 bits per heavy atom. The quantitative estimate of drug-likeness (QED) is 0.610. The number of hydrogen-bond donors (Lipinski definition) is 1. The zero-order valence-corrected chi connectivity index (χ0v) is 15.2. The van der Waals surface area contributed by atoms with Gasteiger partial charge in [0.1, 0.15) is 0 Å². The van der Waals surface area contributed by atoms with Crippen LogP contribution in [0.5, 0.6) is 0 Å². The van der Waals surface area contributed by atoms with Gasteiger partial charge in [-0.1, -0.05) is 11.6 Å². The minimum Gasteiger partial charge on any atom is -0.350 e. The van der Waals surface area contributed by atoms with E-state index in [1.165, 1.54) is 29.4 Å². The largest absolute Gasteiger partial charge is 0.416 e. The van der Waals surface area contributed by atoms with Crippen molar-refractivity contribution in [2.45, 2.75) is 11.8 Å². The molecule has 1 unspecified atom stereocenters. The number of carbonyl (C=O) groups excluding carboxylic acids is 1. The van der Waals surface area contributed by atoms with Gasteiger partial charge in [-0.25, -0.2) is 14.4 Å². The van der Waals surface area contributed by atoms with Gasteiger partial charge in [0, 0.05) is 44.3 Å². The second-order valence-electron chi connectivity index (χ2n) is 6.04. The summed E-state index contributed by atoms with van der Waals surface area (Å²) in [6.45, 7) is 1.30. The van der Waals surface area contributed by atoms with Crippen molar-refractivity contribution in [2.24, 2.45) is 0 Å². The van der Waals surface area contributed by atoms with Crippen molar-refractivity contribution in [3.05, 3.63) is 42.2 Å². The van der Waals surface area contributed by atoms with Crippen LogP contribution in [0.2, 0.25) is 0 Å². The molecule has 1 amide bonds. The predicted octanol–water partition coefficient (Wildman–Crippen LogP) is 3.42. The fourth-order valence-corrected chi connectivity index (χ4v) is 2.94. The fraction of sp³-hybridized carbons (Fsp3) is 0.353. The highest BCUT2D eigenvalue weighted by Gasteiger charge is 2.30. The van der Waals surface area contributed by atoms with Gasteiger partial charge in [-0.3, -0.25) is 4.79 Å². The monoisotopic (exact) mass is 417 g/mol. The van der Waals surface area contributed by atoms with Crippen LogP contribution in [0.25, 0.3) is 0 Å². The highest BCUT2D eigenvalue weighted by molar-refractivity contribution is 6.29. The highest BCUT2D eigenvalue weighted by atomic mass is 35.5. The van der Waals surface area contributed by atoms with Gasteiger partial charge < -0.3 is 15.1 Å². The van der Waals surface area contributed by atoms with Gasteiger partial charge in [-0.05, 0) is 24.3 Å². The van der Waals surface area contributed by atoms with Crippen LogP contribution in [0.3, 0.4) is 0 Å². The lowest BCUT2D eigenvalue weighted by molar-refractivity contribution is -0.137. The Kier molecular flexibility index (Phi) is 5.87. The van der Waals surface area contributed by atoms with Crippen LogP contribution in [0, 0.1) is 0 Å². The van der Waals surface area contributed by atoms with Gasteiger partial charge in [0.05, 0.1) is 5.56 Å². The lowest BCUT2D eigenvalue weighted by Gasteiger charge is -2.35. The van der Waals surface area contributed by atoms with Crippen LogP contribution < -0.4 is 10.2 Å². The van der Waals surface area contributed by atoms with E-state index in [1.807, 2.05) is 4.90 Å². The summed E-state index contributed by atoms with van der Waals surface area (Å²) in [6.07, 6.45) is -1.47. The SMILES string of the molecule is O=C(C(F)Cl)N1CCN(c2nccnc2Nc2ccc(C(F)(F)F)cc2)CC1. The molecule has 1 saturated heterocycles. The van der Waals surface area contributed by atoms with Crippen LogP contribution in [0.15, 0.2) is 36.7 Å². The summed E-state index contributed by atoms with van der Waals surface area (Å²) in [7, 11) is 0. The Morgan fingerprint density at radius 3 is 2.25 bits per heavy atom. The van der Waals surface area contributed by atoms with Gasteiger partial charge in [0.15, 0.2) is 11.6 Å². The minimum absolute atomic E-state index is 0.266. The minimum atomic E-state index is -4.41. The second-order valence-corrected chi connectivity index (χ2v) is 6.42. The van der Waals surface area contributed by atoms with Crippen molar-refractivity contribution in [3.63, 3.8) is 0 Å². The topological polar surface area (TPSA) is 61.4 Å². The number of benzene rings is 1. The van der Waals surface area contributed by atoms with Gasteiger partial charge >= 0.3 is 6.18 Å². The molecule has 1 aromatic heterocycles. The molecule has 0 aliphatic carbocycles. The van der Waals surface area contributed by atoms with E-state index in [-0.39, 0.29) is 13.1 Å². The summed E-state index contributed by atoms with van der Waals surface area (Å²) in [6, 6.07) is 4.56. The summed E-state index contributed by atoms with van der Waals surface area (Å²) >= 11 is 5.20. The number of nitrogens with one attached hydrogen (secondary N) is 1. The Morgan fingerprint density at radius 2 is 1.68 bits per heavy atom. The molecule has 28 heavy (non-hydrogen) atoms. The third-order valence-electron chi connectivity index (χ3n) is 4.23. The van der Waals surface area contributed by atoms with Gasteiger partial charge in [0.2, 0.25) is 0 Å². The molecule has 0 bridgehead atoms. The van der Waals surface area contributed by atoms with E-state index in [4.69, 9.17) is 11.6 Å². The first-order valence-electron chi connectivity index (χ1n) is 8.33. The lowest BCUT2D eigenvalue weighted by Crippen LogP contribution is -2.50. The zero-order valence-electron chi connectivity index (χ0n) is 14.5. The number of alkyl halides is 5. The molecule has 6 nitrogen and oxygen atoms in total. The summed E-state index contributed by atoms with van der Waals surface area (Å²) in [5, 5.41) is 2.96. The van der Waals surface area contributed by atoms with E-state index in [9.17, 15) is 22.4 Å². The smallest absolute Gasteiger partial charge is 0.350 e. The molecule has 2 aromatic rings. The molecule has 0 radical (unpaired) electrons. The molecule has 150 valence electrons. The highest BCUT2D eigenvalue weighted by Crippen LogP contribution is 2.31. The van der Waals surface area contributed by atoms with E-state index in [0.29, 0.717) is 30.4 Å². The molecule has 2 heterocycles. The van der Waals surface area contributed by atoms with Crippen LogP contribution >= 0.6 is 11.6 Å². The van der Waals surface area contributed by atoms with E-state index in [0.717, 1.165) is 12.1 Å². The van der Waals surface area contributed by atoms with Crippen molar-refractivity contribution in [1.29, 1.82) is 0 Å². The number of rotatable bonds is 4. The van der Waals surface area contributed by atoms with E-state index >= 15 is 0 Å². The van der Waals surface area contributed by atoms with Crippen LogP contribution in [0.4, 0.5) is 34.9 Å². The number of amides is 1. The molecule has 0 spiro atoms. The molecule has 11 heteroatoms. The summed E-state index contributed by atoms with van der Waals surface area (Å²) in [4.78, 5) is 23.3. The first kappa shape index (κ1) is 20.1. The lowest BCUT2D eigenvalue weighted by atomic mass is 10.2. The van der Waals surface area contributed by atoms with Crippen LogP contribution in [-0.4, -0.2) is 52.6 Å². The molecule has 1 aliphatic heterocycles. The maximum absolute atomic E-state index is 13.0.